The van der Waals surface area contributed by atoms with E-state index in [0.29, 0.717) is 4.90 Å². The lowest BCUT2D eigenvalue weighted by molar-refractivity contribution is -0.133. The lowest BCUT2D eigenvalue weighted by atomic mass is 10.3. The molecule has 3 N–H and O–H groups in total. The first-order chi connectivity index (χ1) is 6.59. The molecule has 0 saturated heterocycles. The summed E-state index contributed by atoms with van der Waals surface area (Å²) in [6.07, 6.45) is 1.42. The van der Waals surface area contributed by atoms with Crippen molar-refractivity contribution >= 4 is 23.6 Å². The van der Waals surface area contributed by atoms with Crippen LogP contribution in [0.15, 0.2) is 23.2 Å². The Balaban J connectivity index is 2.73. The number of aliphatic carboxylic acids is 1. The van der Waals surface area contributed by atoms with Gasteiger partial charge in [0.1, 0.15) is 5.69 Å². The Labute approximate surface area is 84.3 Å². The van der Waals surface area contributed by atoms with Crippen molar-refractivity contribution in [2.24, 2.45) is 5.73 Å². The molecule has 0 aliphatic carbocycles. The summed E-state index contributed by atoms with van der Waals surface area (Å²) in [6, 6.07) is 3.09. The van der Waals surface area contributed by atoms with Gasteiger partial charge in [0.25, 0.3) is 5.91 Å². The van der Waals surface area contributed by atoms with Crippen molar-refractivity contribution in [2.45, 2.75) is 4.90 Å². The van der Waals surface area contributed by atoms with Crippen molar-refractivity contribution in [3.63, 3.8) is 0 Å². The summed E-state index contributed by atoms with van der Waals surface area (Å²) >= 11 is 1.11. The van der Waals surface area contributed by atoms with E-state index in [1.165, 1.54) is 12.3 Å². The van der Waals surface area contributed by atoms with E-state index in [2.05, 4.69) is 4.98 Å². The fourth-order valence-corrected chi connectivity index (χ4v) is 1.42. The molecule has 5 nitrogen and oxygen atoms in total. The third-order valence-corrected chi connectivity index (χ3v) is 2.32. The maximum absolute atomic E-state index is 10.7. The summed E-state index contributed by atoms with van der Waals surface area (Å²) in [5.41, 5.74) is 5.15. The zero-order valence-electron chi connectivity index (χ0n) is 7.14. The average Bonchev–Trinajstić information content (AvgIpc) is 2.15. The van der Waals surface area contributed by atoms with Crippen LogP contribution in [0.5, 0.6) is 0 Å². The molecule has 0 aliphatic heterocycles. The van der Waals surface area contributed by atoms with Crippen LogP contribution in [0.25, 0.3) is 0 Å². The molecule has 1 aromatic rings. The molecular formula is C8H8N2O3S. The van der Waals surface area contributed by atoms with Crippen LogP contribution in [0.4, 0.5) is 0 Å². The number of carboxylic acid groups (broad SMARTS) is 1. The maximum Gasteiger partial charge on any atom is 0.313 e. The number of carbonyl (C=O) groups excluding carboxylic acids is 1. The molecule has 0 radical (unpaired) electrons. The number of primary amides is 1. The maximum atomic E-state index is 10.7. The Hall–Kier alpha value is -1.56. The van der Waals surface area contributed by atoms with E-state index in [-0.39, 0.29) is 11.4 Å². The molecule has 0 atom stereocenters. The summed E-state index contributed by atoms with van der Waals surface area (Å²) < 4.78 is 0. The Kier molecular flexibility index (Phi) is 3.47. The predicted octanol–water partition coefficient (Wildman–Crippen LogP) is 0.357. The first kappa shape index (κ1) is 10.5. The second-order valence-electron chi connectivity index (χ2n) is 2.42. The number of rotatable bonds is 4. The monoisotopic (exact) mass is 212 g/mol. The van der Waals surface area contributed by atoms with Crippen LogP contribution in [0, 0.1) is 0 Å². The van der Waals surface area contributed by atoms with Gasteiger partial charge in [-0.1, -0.05) is 0 Å². The number of amides is 1. The average molecular weight is 212 g/mol. The van der Waals surface area contributed by atoms with Crippen molar-refractivity contribution in [1.82, 2.24) is 4.98 Å². The first-order valence-electron chi connectivity index (χ1n) is 3.70. The smallest absolute Gasteiger partial charge is 0.313 e. The first-order valence-corrected chi connectivity index (χ1v) is 4.68. The van der Waals surface area contributed by atoms with Crippen LogP contribution in [-0.4, -0.2) is 27.7 Å². The quantitative estimate of drug-likeness (QED) is 0.703. The number of nitrogens with two attached hydrogens (primary N) is 1. The lowest BCUT2D eigenvalue weighted by Gasteiger charge is -1.99. The summed E-state index contributed by atoms with van der Waals surface area (Å²) in [5, 5.41) is 8.43. The van der Waals surface area contributed by atoms with Crippen molar-refractivity contribution in [3.05, 3.63) is 24.0 Å². The van der Waals surface area contributed by atoms with Crippen LogP contribution in [-0.2, 0) is 4.79 Å². The number of carbonyl (C=O) groups is 2. The highest BCUT2D eigenvalue weighted by Crippen LogP contribution is 2.17. The number of pyridine rings is 1. The molecule has 1 rings (SSSR count). The van der Waals surface area contributed by atoms with Crippen LogP contribution >= 0.6 is 11.8 Å². The molecule has 1 aromatic heterocycles. The molecule has 0 spiro atoms. The minimum absolute atomic E-state index is 0.0534. The number of hydrogen-bond acceptors (Lipinski definition) is 4. The fraction of sp³-hybridized carbons (Fsp3) is 0.125. The molecule has 6 heteroatoms. The van der Waals surface area contributed by atoms with Gasteiger partial charge in [0.05, 0.1) is 5.75 Å². The second kappa shape index (κ2) is 4.61. The van der Waals surface area contributed by atoms with E-state index in [1.807, 2.05) is 0 Å². The van der Waals surface area contributed by atoms with Gasteiger partial charge in [-0.05, 0) is 12.1 Å². The summed E-state index contributed by atoms with van der Waals surface area (Å²) in [6.45, 7) is 0. The van der Waals surface area contributed by atoms with E-state index >= 15 is 0 Å². The highest BCUT2D eigenvalue weighted by atomic mass is 32.2. The fourth-order valence-electron chi connectivity index (χ4n) is 0.781. The molecule has 0 aliphatic rings. The molecule has 1 heterocycles. The molecule has 74 valence electrons. The van der Waals surface area contributed by atoms with Crippen molar-refractivity contribution in [1.29, 1.82) is 0 Å². The van der Waals surface area contributed by atoms with E-state index in [4.69, 9.17) is 10.8 Å². The number of aromatic nitrogens is 1. The largest absolute Gasteiger partial charge is 0.481 e. The summed E-state index contributed by atoms with van der Waals surface area (Å²) in [4.78, 5) is 25.4. The van der Waals surface area contributed by atoms with Gasteiger partial charge in [0.15, 0.2) is 0 Å². The standard InChI is InChI=1S/C8H8N2O3S/c9-8(13)6-3-5(1-2-10-6)14-4-7(11)12/h1-3H,4H2,(H2,9,13)(H,11,12). The van der Waals surface area contributed by atoms with E-state index in [0.717, 1.165) is 11.8 Å². The minimum atomic E-state index is -0.910. The lowest BCUT2D eigenvalue weighted by Crippen LogP contribution is -2.12. The highest BCUT2D eigenvalue weighted by Gasteiger charge is 2.04. The zero-order chi connectivity index (χ0) is 10.6. The Morgan fingerprint density at radius 1 is 1.57 bits per heavy atom. The number of nitrogens with zero attached hydrogens (tertiary/aromatic N) is 1. The minimum Gasteiger partial charge on any atom is -0.481 e. The van der Waals surface area contributed by atoms with E-state index in [1.54, 1.807) is 6.07 Å². The van der Waals surface area contributed by atoms with Crippen LogP contribution in [0.3, 0.4) is 0 Å². The summed E-state index contributed by atoms with van der Waals surface area (Å²) in [7, 11) is 0. The van der Waals surface area contributed by atoms with Gasteiger partial charge in [-0.2, -0.15) is 0 Å². The number of thioether (sulfide) groups is 1. The predicted molar refractivity (Wildman–Crippen MR) is 51.1 cm³/mol. The normalized spacial score (nSPS) is 9.71. The molecular weight excluding hydrogens is 204 g/mol. The Morgan fingerprint density at radius 3 is 2.86 bits per heavy atom. The SMILES string of the molecule is NC(=O)c1cc(SCC(=O)O)ccn1. The number of hydrogen-bond donors (Lipinski definition) is 2. The van der Waals surface area contributed by atoms with Crippen LogP contribution < -0.4 is 5.73 Å². The van der Waals surface area contributed by atoms with Gasteiger partial charge in [0.2, 0.25) is 0 Å². The van der Waals surface area contributed by atoms with Gasteiger partial charge in [-0.25, -0.2) is 0 Å². The van der Waals surface area contributed by atoms with E-state index < -0.39 is 11.9 Å². The van der Waals surface area contributed by atoms with Crippen molar-refractivity contribution in [3.8, 4) is 0 Å². The molecule has 0 aromatic carbocycles. The van der Waals surface area contributed by atoms with Crippen molar-refractivity contribution in [2.75, 3.05) is 5.75 Å². The van der Waals surface area contributed by atoms with Gasteiger partial charge in [-0.15, -0.1) is 11.8 Å². The molecule has 0 unspecified atom stereocenters. The molecule has 14 heavy (non-hydrogen) atoms. The molecule has 0 fully saturated rings. The molecule has 0 bridgehead atoms. The van der Waals surface area contributed by atoms with Gasteiger partial charge in [0, 0.05) is 11.1 Å². The molecule has 1 amide bonds. The second-order valence-corrected chi connectivity index (χ2v) is 3.47. The van der Waals surface area contributed by atoms with Gasteiger partial charge >= 0.3 is 5.97 Å². The van der Waals surface area contributed by atoms with E-state index in [9.17, 15) is 9.59 Å². The Bertz CT molecular complexity index is 367. The molecule has 0 saturated carbocycles. The Morgan fingerprint density at radius 2 is 2.29 bits per heavy atom. The highest BCUT2D eigenvalue weighted by molar-refractivity contribution is 8.00. The van der Waals surface area contributed by atoms with Gasteiger partial charge < -0.3 is 10.8 Å². The topological polar surface area (TPSA) is 93.3 Å². The zero-order valence-corrected chi connectivity index (χ0v) is 7.95. The number of carboxylic acids is 1. The van der Waals surface area contributed by atoms with Gasteiger partial charge in [-0.3, -0.25) is 14.6 Å². The third-order valence-electron chi connectivity index (χ3n) is 1.35. The summed E-state index contributed by atoms with van der Waals surface area (Å²) in [5.74, 6) is -1.59. The van der Waals surface area contributed by atoms with Crippen LogP contribution in [0.2, 0.25) is 0 Å². The van der Waals surface area contributed by atoms with Crippen LogP contribution in [0.1, 0.15) is 10.5 Å². The van der Waals surface area contributed by atoms with Crippen molar-refractivity contribution < 1.29 is 14.7 Å². The third kappa shape index (κ3) is 3.06.